The number of alkyl halides is 3. The number of hydrogen-bond donors (Lipinski definition) is 1. The van der Waals surface area contributed by atoms with Gasteiger partial charge in [-0.25, -0.2) is 0 Å². The highest BCUT2D eigenvalue weighted by Gasteiger charge is 2.32. The van der Waals surface area contributed by atoms with E-state index in [9.17, 15) is 18.0 Å². The lowest BCUT2D eigenvalue weighted by atomic mass is 9.99. The molecule has 3 aromatic rings. The molecule has 0 bridgehead atoms. The van der Waals surface area contributed by atoms with Crippen LogP contribution in [0, 0.1) is 0 Å². The van der Waals surface area contributed by atoms with Gasteiger partial charge in [-0.2, -0.15) is 0 Å². The standard InChI is InChI=1S/C17H13F3N2O2/c1-22-9-14(11-4-2-3-5-12(11)16(22)23)13-8-10(21)6-7-15(13)24-17(18,19)20/h2-9H,21H2,1H3. The number of ether oxygens (including phenoxy) is 1. The van der Waals surface area contributed by atoms with Crippen LogP contribution in [-0.2, 0) is 7.05 Å². The molecule has 24 heavy (non-hydrogen) atoms. The maximum absolute atomic E-state index is 12.7. The normalized spacial score (nSPS) is 11.7. The maximum Gasteiger partial charge on any atom is 0.573 e. The highest BCUT2D eigenvalue weighted by molar-refractivity contribution is 5.97. The van der Waals surface area contributed by atoms with E-state index in [1.165, 1.54) is 29.9 Å². The van der Waals surface area contributed by atoms with Crippen molar-refractivity contribution in [2.75, 3.05) is 5.73 Å². The summed E-state index contributed by atoms with van der Waals surface area (Å²) < 4.78 is 43.5. The first kappa shape index (κ1) is 15.9. The number of rotatable bonds is 2. The highest BCUT2D eigenvalue weighted by atomic mass is 19.4. The van der Waals surface area contributed by atoms with Crippen molar-refractivity contribution in [2.45, 2.75) is 6.36 Å². The first-order valence-electron chi connectivity index (χ1n) is 7.00. The minimum atomic E-state index is -4.83. The van der Waals surface area contributed by atoms with E-state index in [4.69, 9.17) is 5.73 Å². The monoisotopic (exact) mass is 334 g/mol. The molecule has 1 aromatic heterocycles. The second kappa shape index (κ2) is 5.59. The number of nitrogens with zero attached hydrogens (tertiary/aromatic N) is 1. The molecule has 0 aliphatic heterocycles. The van der Waals surface area contributed by atoms with E-state index in [0.717, 1.165) is 6.07 Å². The Hall–Kier alpha value is -2.96. The van der Waals surface area contributed by atoms with E-state index in [-0.39, 0.29) is 22.6 Å². The number of anilines is 1. The smallest absolute Gasteiger partial charge is 0.405 e. The third-order valence-electron chi connectivity index (χ3n) is 3.61. The van der Waals surface area contributed by atoms with Gasteiger partial charge in [0.2, 0.25) is 0 Å². The van der Waals surface area contributed by atoms with E-state index in [1.807, 2.05) is 0 Å². The third-order valence-corrected chi connectivity index (χ3v) is 3.61. The van der Waals surface area contributed by atoms with Crippen molar-refractivity contribution in [3.05, 3.63) is 59.0 Å². The van der Waals surface area contributed by atoms with Gasteiger partial charge >= 0.3 is 6.36 Å². The van der Waals surface area contributed by atoms with E-state index >= 15 is 0 Å². The van der Waals surface area contributed by atoms with Gasteiger partial charge in [-0.3, -0.25) is 4.79 Å². The van der Waals surface area contributed by atoms with Crippen molar-refractivity contribution in [1.82, 2.24) is 4.57 Å². The second-order valence-corrected chi connectivity index (χ2v) is 5.31. The first-order chi connectivity index (χ1) is 11.3. The Balaban J connectivity index is 2.34. The summed E-state index contributed by atoms with van der Waals surface area (Å²) in [5, 5.41) is 0.927. The molecular formula is C17H13F3N2O2. The highest BCUT2D eigenvalue weighted by Crippen LogP contribution is 2.37. The van der Waals surface area contributed by atoms with Crippen LogP contribution in [0.1, 0.15) is 0 Å². The predicted octanol–water partition coefficient (Wildman–Crippen LogP) is 3.69. The van der Waals surface area contributed by atoms with Crippen LogP contribution in [0.5, 0.6) is 5.75 Å². The molecule has 124 valence electrons. The summed E-state index contributed by atoms with van der Waals surface area (Å²) in [6, 6.07) is 10.6. The topological polar surface area (TPSA) is 57.2 Å². The molecule has 0 amide bonds. The fraction of sp³-hybridized carbons (Fsp3) is 0.118. The van der Waals surface area contributed by atoms with Crippen LogP contribution in [0.25, 0.3) is 21.9 Å². The molecule has 0 saturated carbocycles. The van der Waals surface area contributed by atoms with Gasteiger partial charge in [0.15, 0.2) is 0 Å². The molecule has 0 aliphatic carbocycles. The molecule has 0 atom stereocenters. The van der Waals surface area contributed by atoms with Gasteiger partial charge in [0.1, 0.15) is 5.75 Å². The molecule has 0 saturated heterocycles. The van der Waals surface area contributed by atoms with Crippen molar-refractivity contribution in [2.24, 2.45) is 7.05 Å². The Morgan fingerprint density at radius 3 is 2.38 bits per heavy atom. The van der Waals surface area contributed by atoms with Crippen LogP contribution in [0.15, 0.2) is 53.5 Å². The van der Waals surface area contributed by atoms with Crippen molar-refractivity contribution >= 4 is 16.5 Å². The van der Waals surface area contributed by atoms with Gasteiger partial charge in [-0.1, -0.05) is 18.2 Å². The van der Waals surface area contributed by atoms with Gasteiger partial charge in [-0.15, -0.1) is 13.2 Å². The van der Waals surface area contributed by atoms with E-state index < -0.39 is 6.36 Å². The van der Waals surface area contributed by atoms with Gasteiger partial charge in [0, 0.05) is 35.4 Å². The van der Waals surface area contributed by atoms with E-state index in [0.29, 0.717) is 16.3 Å². The SMILES string of the molecule is Cn1cc(-c2cc(N)ccc2OC(F)(F)F)c2ccccc2c1=O. The number of nitrogens with two attached hydrogens (primary N) is 1. The number of nitrogen functional groups attached to an aromatic ring is 1. The van der Waals surface area contributed by atoms with Crippen LogP contribution in [0.4, 0.5) is 18.9 Å². The molecule has 2 N–H and O–H groups in total. The summed E-state index contributed by atoms with van der Waals surface area (Å²) >= 11 is 0. The Bertz CT molecular complexity index is 978. The Labute approximate surface area is 134 Å². The lowest BCUT2D eigenvalue weighted by molar-refractivity contribution is -0.274. The number of halogens is 3. The maximum atomic E-state index is 12.7. The van der Waals surface area contributed by atoms with Crippen LogP contribution in [-0.4, -0.2) is 10.9 Å². The number of aromatic nitrogens is 1. The minimum absolute atomic E-state index is 0.166. The molecular weight excluding hydrogens is 321 g/mol. The van der Waals surface area contributed by atoms with E-state index in [1.54, 1.807) is 24.3 Å². The van der Waals surface area contributed by atoms with Crippen molar-refractivity contribution in [3.63, 3.8) is 0 Å². The zero-order valence-electron chi connectivity index (χ0n) is 12.6. The Morgan fingerprint density at radius 2 is 1.71 bits per heavy atom. The molecule has 1 heterocycles. The zero-order valence-corrected chi connectivity index (χ0v) is 12.6. The second-order valence-electron chi connectivity index (χ2n) is 5.31. The molecule has 4 nitrogen and oxygen atoms in total. The predicted molar refractivity (Wildman–Crippen MR) is 85.7 cm³/mol. The van der Waals surface area contributed by atoms with Crippen molar-refractivity contribution in [1.29, 1.82) is 0 Å². The minimum Gasteiger partial charge on any atom is -0.405 e. The number of hydrogen-bond acceptors (Lipinski definition) is 3. The lowest BCUT2D eigenvalue weighted by Crippen LogP contribution is -2.19. The molecule has 0 fully saturated rings. The van der Waals surface area contributed by atoms with Crippen molar-refractivity contribution < 1.29 is 17.9 Å². The molecule has 0 radical (unpaired) electrons. The van der Waals surface area contributed by atoms with Crippen molar-refractivity contribution in [3.8, 4) is 16.9 Å². The van der Waals surface area contributed by atoms with E-state index in [2.05, 4.69) is 4.74 Å². The summed E-state index contributed by atoms with van der Waals surface area (Å²) in [4.78, 5) is 12.2. The van der Waals surface area contributed by atoms with Crippen LogP contribution >= 0.6 is 0 Å². The fourth-order valence-electron chi connectivity index (χ4n) is 2.60. The van der Waals surface area contributed by atoms with Crippen LogP contribution in [0.3, 0.4) is 0 Å². The molecule has 0 unspecified atom stereocenters. The molecule has 0 spiro atoms. The van der Waals surface area contributed by atoms with Gasteiger partial charge in [0.25, 0.3) is 5.56 Å². The number of aryl methyl sites for hydroxylation is 1. The van der Waals surface area contributed by atoms with Crippen LogP contribution < -0.4 is 16.0 Å². The van der Waals surface area contributed by atoms with Gasteiger partial charge in [0.05, 0.1) is 0 Å². The number of benzene rings is 2. The molecule has 3 rings (SSSR count). The Morgan fingerprint density at radius 1 is 1.04 bits per heavy atom. The first-order valence-corrected chi connectivity index (χ1v) is 7.00. The molecule has 2 aromatic carbocycles. The lowest BCUT2D eigenvalue weighted by Gasteiger charge is -2.16. The largest absolute Gasteiger partial charge is 0.573 e. The average Bonchev–Trinajstić information content (AvgIpc) is 2.51. The summed E-state index contributed by atoms with van der Waals surface area (Å²) in [6.07, 6.45) is -3.36. The molecule has 7 heteroatoms. The summed E-state index contributed by atoms with van der Waals surface area (Å²) in [6.45, 7) is 0. The third kappa shape index (κ3) is 2.92. The summed E-state index contributed by atoms with van der Waals surface area (Å²) in [7, 11) is 1.54. The Kier molecular flexibility index (Phi) is 3.71. The molecule has 0 aliphatic rings. The quantitative estimate of drug-likeness (QED) is 0.727. The summed E-state index contributed by atoms with van der Waals surface area (Å²) in [5.41, 5.74) is 6.38. The fourth-order valence-corrected chi connectivity index (χ4v) is 2.60. The zero-order chi connectivity index (χ0) is 17.5. The van der Waals surface area contributed by atoms with Gasteiger partial charge in [-0.05, 0) is 29.7 Å². The summed E-state index contributed by atoms with van der Waals surface area (Å²) in [5.74, 6) is -0.375. The van der Waals surface area contributed by atoms with Crippen LogP contribution in [0.2, 0.25) is 0 Å². The average molecular weight is 334 g/mol. The number of pyridine rings is 1. The number of fused-ring (bicyclic) bond motifs is 1. The van der Waals surface area contributed by atoms with Gasteiger partial charge < -0.3 is 15.0 Å².